The van der Waals surface area contributed by atoms with Crippen LogP contribution < -0.4 is 10.1 Å². The number of aromatic nitrogens is 1. The molecular formula is C20H18N2O4. The van der Waals surface area contributed by atoms with E-state index in [-0.39, 0.29) is 11.6 Å². The Bertz CT molecular complexity index is 998. The summed E-state index contributed by atoms with van der Waals surface area (Å²) in [7, 11) is 2.91. The van der Waals surface area contributed by atoms with Gasteiger partial charge in [-0.1, -0.05) is 12.1 Å². The maximum atomic E-state index is 12.6. The Morgan fingerprint density at radius 3 is 2.54 bits per heavy atom. The van der Waals surface area contributed by atoms with Crippen molar-refractivity contribution in [1.29, 1.82) is 0 Å². The summed E-state index contributed by atoms with van der Waals surface area (Å²) in [6, 6.07) is 13.9. The Labute approximate surface area is 150 Å². The molecule has 0 atom stereocenters. The molecule has 26 heavy (non-hydrogen) atoms. The maximum absolute atomic E-state index is 12.6. The van der Waals surface area contributed by atoms with E-state index >= 15 is 0 Å². The van der Waals surface area contributed by atoms with Crippen LogP contribution in [0.5, 0.6) is 5.75 Å². The zero-order valence-electron chi connectivity index (χ0n) is 14.7. The Morgan fingerprint density at radius 2 is 1.81 bits per heavy atom. The molecule has 0 saturated heterocycles. The molecule has 0 unspecified atom stereocenters. The first-order valence-corrected chi connectivity index (χ1v) is 7.97. The lowest BCUT2D eigenvalue weighted by Gasteiger charge is -2.10. The fraction of sp³-hybridized carbons (Fsp3) is 0.150. The molecule has 0 aliphatic rings. The van der Waals surface area contributed by atoms with E-state index in [9.17, 15) is 9.59 Å². The van der Waals surface area contributed by atoms with Crippen molar-refractivity contribution in [3.63, 3.8) is 0 Å². The van der Waals surface area contributed by atoms with Gasteiger partial charge < -0.3 is 14.8 Å². The minimum atomic E-state index is -0.460. The molecule has 0 bridgehead atoms. The van der Waals surface area contributed by atoms with Crippen molar-refractivity contribution in [3.8, 4) is 5.75 Å². The molecule has 0 spiro atoms. The third kappa shape index (κ3) is 3.49. The average Bonchev–Trinajstić information content (AvgIpc) is 2.68. The van der Waals surface area contributed by atoms with Gasteiger partial charge in [0.1, 0.15) is 11.4 Å². The molecular weight excluding hydrogens is 332 g/mol. The number of fused-ring (bicyclic) bond motifs is 1. The lowest BCUT2D eigenvalue weighted by atomic mass is 10.1. The Hall–Kier alpha value is -3.41. The number of pyridine rings is 1. The van der Waals surface area contributed by atoms with Gasteiger partial charge in [0, 0.05) is 11.1 Å². The third-order valence-corrected chi connectivity index (χ3v) is 4.04. The fourth-order valence-electron chi connectivity index (χ4n) is 2.54. The fourth-order valence-corrected chi connectivity index (χ4v) is 2.54. The van der Waals surface area contributed by atoms with Crippen LogP contribution in [0.4, 0.5) is 5.69 Å². The minimum absolute atomic E-state index is 0.283. The molecule has 1 amide bonds. The number of amides is 1. The van der Waals surface area contributed by atoms with Crippen LogP contribution in [0.1, 0.15) is 26.4 Å². The van der Waals surface area contributed by atoms with Crippen LogP contribution in [0.3, 0.4) is 0 Å². The number of benzene rings is 2. The second-order valence-electron chi connectivity index (χ2n) is 5.73. The average molecular weight is 350 g/mol. The predicted molar refractivity (Wildman–Crippen MR) is 98.8 cm³/mol. The summed E-state index contributed by atoms with van der Waals surface area (Å²) < 4.78 is 9.90. The standard InChI is InChI=1S/C20H18N2O4/c1-12-4-5-14(20(24)26-3)11-18(12)22-19(23)17-8-6-13-10-15(25-2)7-9-16(13)21-17/h4-11H,1-3H3,(H,22,23). The molecule has 1 heterocycles. The monoisotopic (exact) mass is 350 g/mol. The lowest BCUT2D eigenvalue weighted by Crippen LogP contribution is -2.15. The van der Waals surface area contributed by atoms with Gasteiger partial charge in [0.15, 0.2) is 0 Å². The molecule has 3 aromatic rings. The predicted octanol–water partition coefficient (Wildman–Crippen LogP) is 3.59. The van der Waals surface area contributed by atoms with Gasteiger partial charge >= 0.3 is 5.97 Å². The summed E-state index contributed by atoms with van der Waals surface area (Å²) in [5, 5.41) is 3.68. The van der Waals surface area contributed by atoms with E-state index in [1.54, 1.807) is 43.5 Å². The van der Waals surface area contributed by atoms with Crippen molar-refractivity contribution in [3.05, 3.63) is 65.4 Å². The molecule has 0 aliphatic carbocycles. The number of methoxy groups -OCH3 is 2. The highest BCUT2D eigenvalue weighted by atomic mass is 16.5. The van der Waals surface area contributed by atoms with Gasteiger partial charge in [-0.3, -0.25) is 4.79 Å². The van der Waals surface area contributed by atoms with E-state index in [0.29, 0.717) is 16.8 Å². The summed E-state index contributed by atoms with van der Waals surface area (Å²) in [5.41, 5.74) is 2.71. The van der Waals surface area contributed by atoms with E-state index in [0.717, 1.165) is 16.7 Å². The molecule has 6 heteroatoms. The van der Waals surface area contributed by atoms with Gasteiger partial charge in [-0.2, -0.15) is 0 Å². The van der Waals surface area contributed by atoms with Crippen LogP contribution in [-0.2, 0) is 4.74 Å². The first-order valence-electron chi connectivity index (χ1n) is 7.97. The Balaban J connectivity index is 1.88. The number of carbonyl (C=O) groups excluding carboxylic acids is 2. The molecule has 3 rings (SSSR count). The highest BCUT2D eigenvalue weighted by Gasteiger charge is 2.13. The summed E-state index contributed by atoms with van der Waals surface area (Å²) in [4.78, 5) is 28.6. The Morgan fingerprint density at radius 1 is 1.00 bits per heavy atom. The van der Waals surface area contributed by atoms with Crippen molar-refractivity contribution in [2.75, 3.05) is 19.5 Å². The van der Waals surface area contributed by atoms with Crippen molar-refractivity contribution in [1.82, 2.24) is 4.98 Å². The Kier molecular flexibility index (Phi) is 4.84. The first kappa shape index (κ1) is 17.4. The van der Waals surface area contributed by atoms with E-state index in [4.69, 9.17) is 9.47 Å². The van der Waals surface area contributed by atoms with Gasteiger partial charge in [-0.15, -0.1) is 0 Å². The SMILES string of the molecule is COC(=O)c1ccc(C)c(NC(=O)c2ccc3cc(OC)ccc3n2)c1. The number of nitrogens with zero attached hydrogens (tertiary/aromatic N) is 1. The number of aryl methyl sites for hydroxylation is 1. The van der Waals surface area contributed by atoms with E-state index in [1.165, 1.54) is 7.11 Å². The second kappa shape index (κ2) is 7.23. The molecule has 1 N–H and O–H groups in total. The van der Waals surface area contributed by atoms with E-state index < -0.39 is 5.97 Å². The molecule has 132 valence electrons. The number of ether oxygens (including phenoxy) is 2. The number of rotatable bonds is 4. The second-order valence-corrected chi connectivity index (χ2v) is 5.73. The summed E-state index contributed by atoms with van der Waals surface area (Å²) >= 11 is 0. The number of hydrogen-bond acceptors (Lipinski definition) is 5. The van der Waals surface area contributed by atoms with E-state index in [2.05, 4.69) is 10.3 Å². The minimum Gasteiger partial charge on any atom is -0.497 e. The van der Waals surface area contributed by atoms with Crippen LogP contribution in [0.2, 0.25) is 0 Å². The number of carbonyl (C=O) groups is 2. The van der Waals surface area contributed by atoms with Gasteiger partial charge in [-0.05, 0) is 48.9 Å². The number of hydrogen-bond donors (Lipinski definition) is 1. The van der Waals surface area contributed by atoms with Crippen LogP contribution >= 0.6 is 0 Å². The van der Waals surface area contributed by atoms with Crippen LogP contribution in [0.15, 0.2) is 48.5 Å². The third-order valence-electron chi connectivity index (χ3n) is 4.04. The number of esters is 1. The van der Waals surface area contributed by atoms with Crippen molar-refractivity contribution < 1.29 is 19.1 Å². The van der Waals surface area contributed by atoms with Crippen molar-refractivity contribution in [2.24, 2.45) is 0 Å². The largest absolute Gasteiger partial charge is 0.497 e. The normalized spacial score (nSPS) is 10.4. The van der Waals surface area contributed by atoms with E-state index in [1.807, 2.05) is 19.1 Å². The first-order chi connectivity index (χ1) is 12.5. The van der Waals surface area contributed by atoms with Gasteiger partial charge in [-0.25, -0.2) is 9.78 Å². The number of nitrogens with one attached hydrogen (secondary N) is 1. The molecule has 0 aliphatic heterocycles. The molecule has 0 fully saturated rings. The zero-order valence-corrected chi connectivity index (χ0v) is 14.7. The molecule has 0 saturated carbocycles. The summed E-state index contributed by atoms with van der Waals surface area (Å²) in [5.74, 6) is -0.0853. The van der Waals surface area contributed by atoms with Crippen molar-refractivity contribution >= 4 is 28.5 Å². The van der Waals surface area contributed by atoms with Crippen molar-refractivity contribution in [2.45, 2.75) is 6.92 Å². The topological polar surface area (TPSA) is 77.5 Å². The molecule has 2 aromatic carbocycles. The van der Waals surface area contributed by atoms with Gasteiger partial charge in [0.05, 0.1) is 25.3 Å². The summed E-state index contributed by atoms with van der Waals surface area (Å²) in [6.45, 7) is 1.84. The lowest BCUT2D eigenvalue weighted by molar-refractivity contribution is 0.0600. The van der Waals surface area contributed by atoms with Gasteiger partial charge in [0.25, 0.3) is 5.91 Å². The smallest absolute Gasteiger partial charge is 0.337 e. The summed E-state index contributed by atoms with van der Waals surface area (Å²) in [6.07, 6.45) is 0. The van der Waals surface area contributed by atoms with Crippen LogP contribution in [0.25, 0.3) is 10.9 Å². The zero-order chi connectivity index (χ0) is 18.7. The number of anilines is 1. The highest BCUT2D eigenvalue weighted by Crippen LogP contribution is 2.21. The molecule has 0 radical (unpaired) electrons. The quantitative estimate of drug-likeness (QED) is 0.728. The van der Waals surface area contributed by atoms with Crippen LogP contribution in [-0.4, -0.2) is 31.1 Å². The highest BCUT2D eigenvalue weighted by molar-refractivity contribution is 6.05. The van der Waals surface area contributed by atoms with Gasteiger partial charge in [0.2, 0.25) is 0 Å². The van der Waals surface area contributed by atoms with Crippen LogP contribution in [0, 0.1) is 6.92 Å². The molecule has 1 aromatic heterocycles. The maximum Gasteiger partial charge on any atom is 0.337 e. The molecule has 6 nitrogen and oxygen atoms in total.